The second-order valence-corrected chi connectivity index (χ2v) is 5.81. The lowest BCUT2D eigenvalue weighted by Crippen LogP contribution is -2.51. The van der Waals surface area contributed by atoms with Crippen LogP contribution in [0, 0.1) is 11.3 Å². The van der Waals surface area contributed by atoms with Crippen molar-refractivity contribution in [3.63, 3.8) is 0 Å². The van der Waals surface area contributed by atoms with Crippen molar-refractivity contribution in [2.45, 2.75) is 52.5 Å². The van der Waals surface area contributed by atoms with Crippen LogP contribution in [0.2, 0.25) is 0 Å². The summed E-state index contributed by atoms with van der Waals surface area (Å²) in [7, 11) is 0. The molecule has 0 bridgehead atoms. The second-order valence-electron chi connectivity index (χ2n) is 5.81. The van der Waals surface area contributed by atoms with Crippen molar-refractivity contribution in [1.82, 2.24) is 10.6 Å². The Morgan fingerprint density at radius 3 is 2.32 bits per heavy atom. The van der Waals surface area contributed by atoms with Crippen molar-refractivity contribution in [3.05, 3.63) is 0 Å². The fourth-order valence-corrected chi connectivity index (χ4v) is 2.61. The van der Waals surface area contributed by atoms with Gasteiger partial charge in [-0.2, -0.15) is 0 Å². The molecule has 1 saturated heterocycles. The van der Waals surface area contributed by atoms with Gasteiger partial charge in [-0.25, -0.2) is 0 Å². The zero-order chi connectivity index (χ0) is 14.5. The number of carbonyl (C=O) groups excluding carboxylic acids is 1. The first-order valence-corrected chi connectivity index (χ1v) is 7.15. The predicted molar refractivity (Wildman–Crippen MR) is 73.8 cm³/mol. The summed E-state index contributed by atoms with van der Waals surface area (Å²) in [6, 6.07) is -0.289. The van der Waals surface area contributed by atoms with E-state index in [2.05, 4.69) is 10.6 Å². The third-order valence-corrected chi connectivity index (χ3v) is 4.23. The first-order valence-electron chi connectivity index (χ1n) is 7.15. The Kier molecular flexibility index (Phi) is 5.79. The molecule has 1 heterocycles. The summed E-state index contributed by atoms with van der Waals surface area (Å²) in [6.45, 7) is 7.62. The fraction of sp³-hybridized carbons (Fsp3) is 0.857. The van der Waals surface area contributed by atoms with Crippen LogP contribution in [0.1, 0.15) is 46.5 Å². The van der Waals surface area contributed by atoms with Crippen LogP contribution in [0.3, 0.4) is 0 Å². The Hall–Kier alpha value is -1.10. The average Bonchev–Trinajstić information content (AvgIpc) is 2.38. The van der Waals surface area contributed by atoms with Crippen LogP contribution in [-0.2, 0) is 9.59 Å². The van der Waals surface area contributed by atoms with Crippen molar-refractivity contribution >= 4 is 11.9 Å². The molecule has 1 fully saturated rings. The van der Waals surface area contributed by atoms with Gasteiger partial charge in [-0.05, 0) is 38.3 Å². The second kappa shape index (κ2) is 6.89. The van der Waals surface area contributed by atoms with E-state index < -0.39 is 5.97 Å². The highest BCUT2D eigenvalue weighted by molar-refractivity contribution is 5.83. The summed E-state index contributed by atoms with van der Waals surface area (Å²) in [4.78, 5) is 23.4. The minimum atomic E-state index is -0.866. The Bertz CT molecular complexity index is 323. The molecular formula is C14H26N2O3. The maximum Gasteiger partial charge on any atom is 0.305 e. The summed E-state index contributed by atoms with van der Waals surface area (Å²) in [6.07, 6.45) is 2.44. The third kappa shape index (κ3) is 4.20. The quantitative estimate of drug-likeness (QED) is 0.681. The normalized spacial score (nSPS) is 20.0. The van der Waals surface area contributed by atoms with Crippen molar-refractivity contribution in [2.24, 2.45) is 11.3 Å². The minimum Gasteiger partial charge on any atom is -0.481 e. The van der Waals surface area contributed by atoms with Gasteiger partial charge in [0.15, 0.2) is 0 Å². The summed E-state index contributed by atoms with van der Waals surface area (Å²) >= 11 is 0. The highest BCUT2D eigenvalue weighted by Crippen LogP contribution is 2.33. The van der Waals surface area contributed by atoms with Crippen molar-refractivity contribution in [1.29, 1.82) is 0 Å². The number of aliphatic carboxylic acids is 1. The van der Waals surface area contributed by atoms with E-state index in [0.717, 1.165) is 32.4 Å². The van der Waals surface area contributed by atoms with Crippen molar-refractivity contribution < 1.29 is 14.7 Å². The van der Waals surface area contributed by atoms with E-state index in [1.807, 2.05) is 20.8 Å². The van der Waals surface area contributed by atoms with Gasteiger partial charge in [0.25, 0.3) is 0 Å². The van der Waals surface area contributed by atoms with Gasteiger partial charge in [0.05, 0.1) is 11.8 Å². The molecule has 1 aliphatic rings. The molecule has 1 amide bonds. The van der Waals surface area contributed by atoms with Crippen molar-refractivity contribution in [3.8, 4) is 0 Å². The lowest BCUT2D eigenvalue weighted by molar-refractivity contribution is -0.139. The molecule has 5 nitrogen and oxygen atoms in total. The monoisotopic (exact) mass is 270 g/mol. The van der Waals surface area contributed by atoms with Crippen molar-refractivity contribution in [2.75, 3.05) is 13.1 Å². The molecule has 0 aromatic heterocycles. The van der Waals surface area contributed by atoms with Crippen LogP contribution in [0.15, 0.2) is 0 Å². The van der Waals surface area contributed by atoms with Crippen LogP contribution in [0.5, 0.6) is 0 Å². The number of hydrogen-bond acceptors (Lipinski definition) is 3. The highest BCUT2D eigenvalue weighted by atomic mass is 16.4. The molecule has 19 heavy (non-hydrogen) atoms. The summed E-state index contributed by atoms with van der Waals surface area (Å²) in [5.74, 6) is -0.720. The van der Waals surface area contributed by atoms with Gasteiger partial charge in [-0.1, -0.05) is 20.8 Å². The molecular weight excluding hydrogens is 244 g/mol. The van der Waals surface area contributed by atoms with Gasteiger partial charge in [-0.3, -0.25) is 9.59 Å². The van der Waals surface area contributed by atoms with Crippen LogP contribution in [0.25, 0.3) is 0 Å². The first kappa shape index (κ1) is 16.0. The van der Waals surface area contributed by atoms with E-state index >= 15 is 0 Å². The molecule has 0 aliphatic carbocycles. The number of nitrogens with one attached hydrogen (secondary N) is 2. The summed E-state index contributed by atoms with van der Waals surface area (Å²) < 4.78 is 0. The van der Waals surface area contributed by atoms with E-state index in [1.54, 1.807) is 0 Å². The topological polar surface area (TPSA) is 78.4 Å². The molecule has 5 heteroatoms. The molecule has 0 radical (unpaired) electrons. The van der Waals surface area contributed by atoms with E-state index in [0.29, 0.717) is 0 Å². The predicted octanol–water partition coefficient (Wildman–Crippen LogP) is 1.38. The molecule has 3 N–H and O–H groups in total. The standard InChI is InChI=1S/C14H26N2O3/c1-4-14(5-7-15-8-6-14)13(19)16-11(10(2)3)9-12(17)18/h10-11,15H,4-9H2,1-3H3,(H,16,19)(H,17,18). The van der Waals surface area contributed by atoms with E-state index in [-0.39, 0.29) is 29.7 Å². The Morgan fingerprint density at radius 2 is 1.89 bits per heavy atom. The van der Waals surface area contributed by atoms with Crippen LogP contribution in [-0.4, -0.2) is 36.1 Å². The Balaban J connectivity index is 2.71. The lowest BCUT2D eigenvalue weighted by Gasteiger charge is -2.37. The fourth-order valence-electron chi connectivity index (χ4n) is 2.61. The maximum atomic E-state index is 12.5. The number of rotatable bonds is 6. The molecule has 0 spiro atoms. The maximum absolute atomic E-state index is 12.5. The van der Waals surface area contributed by atoms with E-state index in [1.165, 1.54) is 0 Å². The molecule has 1 unspecified atom stereocenters. The van der Waals surface area contributed by atoms with Gasteiger partial charge in [0.2, 0.25) is 5.91 Å². The SMILES string of the molecule is CCC1(C(=O)NC(CC(=O)O)C(C)C)CCNCC1. The van der Waals surface area contributed by atoms with Gasteiger partial charge < -0.3 is 15.7 Å². The van der Waals surface area contributed by atoms with Gasteiger partial charge >= 0.3 is 5.97 Å². The molecule has 110 valence electrons. The molecule has 1 rings (SSSR count). The first-order chi connectivity index (χ1) is 8.91. The smallest absolute Gasteiger partial charge is 0.305 e. The lowest BCUT2D eigenvalue weighted by atomic mass is 9.75. The highest BCUT2D eigenvalue weighted by Gasteiger charge is 2.38. The number of hydrogen-bond donors (Lipinski definition) is 3. The van der Waals surface area contributed by atoms with Gasteiger partial charge in [-0.15, -0.1) is 0 Å². The van der Waals surface area contributed by atoms with Gasteiger partial charge in [0, 0.05) is 6.04 Å². The molecule has 1 atom stereocenters. The Morgan fingerprint density at radius 1 is 1.32 bits per heavy atom. The zero-order valence-corrected chi connectivity index (χ0v) is 12.2. The van der Waals surface area contributed by atoms with E-state index in [9.17, 15) is 9.59 Å². The zero-order valence-electron chi connectivity index (χ0n) is 12.2. The number of carboxylic acids is 1. The number of amides is 1. The summed E-state index contributed by atoms with van der Waals surface area (Å²) in [5.41, 5.74) is -0.323. The molecule has 0 aromatic rings. The van der Waals surface area contributed by atoms with Crippen LogP contribution >= 0.6 is 0 Å². The third-order valence-electron chi connectivity index (χ3n) is 4.23. The largest absolute Gasteiger partial charge is 0.481 e. The molecule has 0 saturated carbocycles. The Labute approximate surface area is 115 Å². The number of piperidine rings is 1. The van der Waals surface area contributed by atoms with Crippen LogP contribution < -0.4 is 10.6 Å². The van der Waals surface area contributed by atoms with Crippen LogP contribution in [0.4, 0.5) is 0 Å². The number of carboxylic acid groups (broad SMARTS) is 1. The average molecular weight is 270 g/mol. The van der Waals surface area contributed by atoms with E-state index in [4.69, 9.17) is 5.11 Å². The molecule has 0 aromatic carbocycles. The number of carbonyl (C=O) groups is 2. The van der Waals surface area contributed by atoms with Gasteiger partial charge in [0.1, 0.15) is 0 Å². The minimum absolute atomic E-state index is 0.0124. The molecule has 1 aliphatic heterocycles. The summed E-state index contributed by atoms with van der Waals surface area (Å²) in [5, 5.41) is 15.1.